The van der Waals surface area contributed by atoms with Gasteiger partial charge in [-0.3, -0.25) is 24.1 Å². The number of carbonyl (C=O) groups excluding carboxylic acids is 4. The molecule has 1 aliphatic heterocycles. The number of allylic oxidation sites excluding steroid dienone is 6. The van der Waals surface area contributed by atoms with E-state index < -0.39 is 23.7 Å². The molecule has 50 heavy (non-hydrogen) atoms. The maximum Gasteiger partial charge on any atom is 0.238 e. The maximum atomic E-state index is 14.3. The summed E-state index contributed by atoms with van der Waals surface area (Å²) < 4.78 is 16.9. The van der Waals surface area contributed by atoms with E-state index in [1.807, 2.05) is 48.6 Å². The number of Topliss-reactive ketones (excluding diaryl/α,β-unsaturated/α-hetero) is 1. The summed E-state index contributed by atoms with van der Waals surface area (Å²) in [5, 5.41) is 11.3. The Labute approximate surface area is 297 Å². The van der Waals surface area contributed by atoms with Crippen LogP contribution in [0.3, 0.4) is 0 Å². The van der Waals surface area contributed by atoms with E-state index >= 15 is 0 Å². The smallest absolute Gasteiger partial charge is 0.238 e. The second-order valence-electron chi connectivity index (χ2n) is 12.8. The van der Waals surface area contributed by atoms with E-state index in [4.69, 9.17) is 14.2 Å². The molecule has 9 nitrogen and oxygen atoms in total. The molecular formula is C40H34BrNO8. The topological polar surface area (TPSA) is 119 Å². The van der Waals surface area contributed by atoms with Gasteiger partial charge in [0.15, 0.2) is 23.1 Å². The van der Waals surface area contributed by atoms with Gasteiger partial charge in [-0.05, 0) is 79.8 Å². The van der Waals surface area contributed by atoms with Crippen LogP contribution in [0.4, 0.5) is 5.69 Å². The van der Waals surface area contributed by atoms with Crippen LogP contribution in [-0.2, 0) is 19.2 Å². The number of rotatable bonds is 7. The highest BCUT2D eigenvalue weighted by Crippen LogP contribution is 2.57. The number of carbonyl (C=O) groups is 4. The second kappa shape index (κ2) is 12.9. The number of amides is 2. The molecule has 10 heteroatoms. The molecule has 4 aliphatic rings. The highest BCUT2D eigenvalue weighted by molar-refractivity contribution is 9.10. The highest BCUT2D eigenvalue weighted by atomic mass is 79.9. The third-order valence-corrected chi connectivity index (χ3v) is 10.7. The van der Waals surface area contributed by atoms with Gasteiger partial charge < -0.3 is 19.3 Å². The van der Waals surface area contributed by atoms with Gasteiger partial charge in [-0.25, -0.2) is 0 Å². The lowest BCUT2D eigenvalue weighted by molar-refractivity contribution is -0.123. The molecule has 0 saturated carbocycles. The van der Waals surface area contributed by atoms with Gasteiger partial charge in [0.05, 0.1) is 38.9 Å². The summed E-state index contributed by atoms with van der Waals surface area (Å²) >= 11 is 3.49. The van der Waals surface area contributed by atoms with E-state index in [1.54, 1.807) is 45.4 Å². The highest BCUT2D eigenvalue weighted by Gasteiger charge is 2.57. The molecule has 254 valence electrons. The van der Waals surface area contributed by atoms with E-state index in [-0.39, 0.29) is 47.7 Å². The Hall–Kier alpha value is -5.22. The first-order valence-corrected chi connectivity index (χ1v) is 17.0. The molecule has 3 aromatic carbocycles. The standard InChI is InChI=1S/C40H34BrNO8/c1-20-15-31(43)36-30(37(20)44)19-28-26(34(36)29-17-23(41)18-33(50-4)38(29)45)12-13-27-35(28)40(47)42(39(27)46)24-9-6-21(7-10-24)5-8-22-16-25(48-2)11-14-32(22)49-3/h5-12,14-18,27-28,34-35,45H,13,19H2,1-4H3. The maximum absolute atomic E-state index is 14.3. The van der Waals surface area contributed by atoms with Crippen LogP contribution < -0.4 is 19.1 Å². The quantitative estimate of drug-likeness (QED) is 0.119. The van der Waals surface area contributed by atoms with Crippen molar-refractivity contribution >= 4 is 57.2 Å². The SMILES string of the molecule is COc1ccc(OC)c(C=Cc2ccc(N3C(=O)C4CC=C5C(c6cc(Br)cc(OC)c6O)C6=C(CC5C4C3=O)C(=O)C(C)=CC6=O)cc2)c1. The van der Waals surface area contributed by atoms with Gasteiger partial charge in [-0.2, -0.15) is 0 Å². The molecule has 2 amide bonds. The average Bonchev–Trinajstić information content (AvgIpc) is 3.38. The Morgan fingerprint density at radius 1 is 0.860 bits per heavy atom. The van der Waals surface area contributed by atoms with Crippen LogP contribution in [0, 0.1) is 17.8 Å². The van der Waals surface area contributed by atoms with E-state index in [1.165, 1.54) is 18.1 Å². The lowest BCUT2D eigenvalue weighted by Crippen LogP contribution is -2.39. The molecule has 0 aromatic heterocycles. The summed E-state index contributed by atoms with van der Waals surface area (Å²) in [7, 11) is 4.63. The van der Waals surface area contributed by atoms with Crippen LogP contribution in [0.5, 0.6) is 23.0 Å². The van der Waals surface area contributed by atoms with E-state index in [9.17, 15) is 24.3 Å². The van der Waals surface area contributed by atoms with E-state index in [0.29, 0.717) is 43.9 Å². The normalized spacial score (nSPS) is 23.0. The third-order valence-electron chi connectivity index (χ3n) is 10.2. The number of benzene rings is 3. The van der Waals surface area contributed by atoms with Crippen LogP contribution in [0.25, 0.3) is 12.2 Å². The fourth-order valence-corrected chi connectivity index (χ4v) is 8.31. The number of halogens is 1. The van der Waals surface area contributed by atoms with Crippen molar-refractivity contribution in [1.29, 1.82) is 0 Å². The lowest BCUT2D eigenvalue weighted by Gasteiger charge is -2.42. The number of phenols is 1. The Bertz CT molecular complexity index is 2110. The Morgan fingerprint density at radius 3 is 2.30 bits per heavy atom. The number of phenolic OH excluding ortho intramolecular Hbond substituents is 1. The number of nitrogens with zero attached hydrogens (tertiary/aromatic N) is 1. The lowest BCUT2D eigenvalue weighted by atomic mass is 9.59. The van der Waals surface area contributed by atoms with Crippen molar-refractivity contribution in [3.05, 3.63) is 110 Å². The van der Waals surface area contributed by atoms with Gasteiger partial charge in [0.1, 0.15) is 11.5 Å². The Kier molecular flexibility index (Phi) is 8.59. The van der Waals surface area contributed by atoms with Gasteiger partial charge >= 0.3 is 0 Å². The number of methoxy groups -OCH3 is 3. The van der Waals surface area contributed by atoms with Crippen LogP contribution in [0.1, 0.15) is 42.4 Å². The summed E-state index contributed by atoms with van der Waals surface area (Å²) in [6.07, 6.45) is 7.49. The molecule has 1 heterocycles. The van der Waals surface area contributed by atoms with Crippen LogP contribution in [0.2, 0.25) is 0 Å². The van der Waals surface area contributed by atoms with Gasteiger partial charge in [0.2, 0.25) is 11.8 Å². The zero-order valence-corrected chi connectivity index (χ0v) is 29.4. The number of hydrogen-bond acceptors (Lipinski definition) is 8. The minimum Gasteiger partial charge on any atom is -0.504 e. The van der Waals surface area contributed by atoms with Gasteiger partial charge in [-0.1, -0.05) is 51.9 Å². The molecule has 0 radical (unpaired) electrons. The molecule has 7 rings (SSSR count). The van der Waals surface area contributed by atoms with Gasteiger partial charge in [0, 0.05) is 38.2 Å². The summed E-state index contributed by atoms with van der Waals surface area (Å²) in [6, 6.07) is 16.0. The first kappa shape index (κ1) is 33.3. The Morgan fingerprint density at radius 2 is 1.60 bits per heavy atom. The predicted molar refractivity (Wildman–Crippen MR) is 191 cm³/mol. The number of hydrogen-bond donors (Lipinski definition) is 1. The third kappa shape index (κ3) is 5.38. The predicted octanol–water partition coefficient (Wildman–Crippen LogP) is 6.99. The number of imide groups is 1. The molecule has 3 aromatic rings. The zero-order valence-electron chi connectivity index (χ0n) is 27.9. The number of fused-ring (bicyclic) bond motifs is 3. The first-order chi connectivity index (χ1) is 24.1. The average molecular weight is 737 g/mol. The van der Waals surface area contributed by atoms with E-state index in [2.05, 4.69) is 15.9 Å². The molecular weight excluding hydrogens is 702 g/mol. The molecule has 0 bridgehead atoms. The monoisotopic (exact) mass is 735 g/mol. The van der Waals surface area contributed by atoms with Crippen molar-refractivity contribution in [2.75, 3.05) is 26.2 Å². The Balaban J connectivity index is 1.23. The number of aromatic hydroxyl groups is 1. The van der Waals surface area contributed by atoms with Gasteiger partial charge in [-0.15, -0.1) is 0 Å². The summed E-state index contributed by atoms with van der Waals surface area (Å²) in [4.78, 5) is 56.8. The summed E-state index contributed by atoms with van der Waals surface area (Å²) in [5.74, 6) is -2.50. The summed E-state index contributed by atoms with van der Waals surface area (Å²) in [6.45, 7) is 1.60. The van der Waals surface area contributed by atoms with Crippen LogP contribution in [0.15, 0.2) is 93.5 Å². The van der Waals surface area contributed by atoms with E-state index in [0.717, 1.165) is 16.7 Å². The van der Waals surface area contributed by atoms with Crippen molar-refractivity contribution in [3.63, 3.8) is 0 Å². The second-order valence-corrected chi connectivity index (χ2v) is 13.7. The molecule has 1 N–H and O–H groups in total. The summed E-state index contributed by atoms with van der Waals surface area (Å²) in [5.41, 5.74) is 4.19. The number of anilines is 1. The molecule has 3 aliphatic carbocycles. The molecule has 1 fully saturated rings. The van der Waals surface area contributed by atoms with Crippen LogP contribution in [-0.4, -0.2) is 49.8 Å². The fraction of sp³-hybridized carbons (Fsp3) is 0.250. The van der Waals surface area contributed by atoms with Crippen molar-refractivity contribution in [1.82, 2.24) is 0 Å². The fourth-order valence-electron chi connectivity index (χ4n) is 7.85. The van der Waals surface area contributed by atoms with Crippen molar-refractivity contribution < 1.29 is 38.5 Å². The minimum absolute atomic E-state index is 0.144. The molecule has 4 unspecified atom stereocenters. The number of ketones is 2. The first-order valence-electron chi connectivity index (χ1n) is 16.2. The van der Waals surface area contributed by atoms with Crippen molar-refractivity contribution in [2.45, 2.75) is 25.7 Å². The van der Waals surface area contributed by atoms with Crippen molar-refractivity contribution in [3.8, 4) is 23.0 Å². The van der Waals surface area contributed by atoms with Gasteiger partial charge in [0.25, 0.3) is 0 Å². The number of ether oxygens (including phenoxy) is 3. The molecule has 4 atom stereocenters. The zero-order chi connectivity index (χ0) is 35.4. The van der Waals surface area contributed by atoms with Crippen LogP contribution >= 0.6 is 15.9 Å². The largest absolute Gasteiger partial charge is 0.504 e. The minimum atomic E-state index is -0.803. The van der Waals surface area contributed by atoms with Crippen molar-refractivity contribution in [2.24, 2.45) is 17.8 Å². The molecule has 0 spiro atoms. The molecule has 1 saturated heterocycles.